The highest BCUT2D eigenvalue weighted by Crippen LogP contribution is 2.49. The van der Waals surface area contributed by atoms with E-state index in [1.54, 1.807) is 0 Å². The summed E-state index contributed by atoms with van der Waals surface area (Å²) < 4.78 is 131. The number of hydrogen-bond acceptors (Lipinski definition) is 7. The van der Waals surface area contributed by atoms with Crippen LogP contribution in [0.15, 0.2) is 61.3 Å². The number of ether oxygens (including phenoxy) is 1. The van der Waals surface area contributed by atoms with Crippen LogP contribution in [0.1, 0.15) is 63.4 Å². The number of alkyl halides is 9. The Morgan fingerprint density at radius 3 is 2.29 bits per heavy atom. The van der Waals surface area contributed by atoms with Crippen molar-refractivity contribution in [1.82, 2.24) is 39.8 Å². The molecule has 0 unspecified atom stereocenters. The molecule has 56 heavy (non-hydrogen) atoms. The van der Waals surface area contributed by atoms with Gasteiger partial charge in [-0.05, 0) is 42.5 Å². The van der Waals surface area contributed by atoms with Crippen molar-refractivity contribution in [3.05, 3.63) is 77.5 Å². The monoisotopic (exact) mass is 819 g/mol. The smallest absolute Gasteiger partial charge is 0.407 e. The van der Waals surface area contributed by atoms with Crippen LogP contribution in [0.2, 0.25) is 5.02 Å². The molecular weight excluding hydrogens is 789 g/mol. The molecule has 3 N–H and O–H groups in total. The largest absolute Gasteiger partial charge is 0.447 e. The Morgan fingerprint density at radius 2 is 1.71 bits per heavy atom. The van der Waals surface area contributed by atoms with E-state index >= 15 is 0 Å². The molecule has 0 spiro atoms. The molecule has 2 aromatic carbocycles. The van der Waals surface area contributed by atoms with Crippen LogP contribution in [-0.2, 0) is 15.1 Å². The summed E-state index contributed by atoms with van der Waals surface area (Å²) in [5.74, 6) is -2.36. The number of halogens is 10. The summed E-state index contributed by atoms with van der Waals surface area (Å²) in [5.41, 5.74) is -6.76. The van der Waals surface area contributed by atoms with Crippen LogP contribution in [0.3, 0.4) is 0 Å². The average Bonchev–Trinajstić information content (AvgIpc) is 3.42. The summed E-state index contributed by atoms with van der Waals surface area (Å²) in [4.78, 5) is 36.1. The number of nitrogens with zero attached hydrogens (tertiary/aromatic N) is 6. The van der Waals surface area contributed by atoms with E-state index < -0.39 is 85.0 Å². The van der Waals surface area contributed by atoms with E-state index in [0.717, 1.165) is 32.7 Å². The maximum atomic E-state index is 14.8. The van der Waals surface area contributed by atoms with Gasteiger partial charge < -0.3 is 15.4 Å². The highest BCUT2D eigenvalue weighted by molar-refractivity contribution is 6.33. The van der Waals surface area contributed by atoms with Gasteiger partial charge in [-0.15, -0.1) is 0 Å². The fraction of sp³-hybridized carbons (Fsp3) is 0.412. The lowest BCUT2D eigenvalue weighted by Gasteiger charge is -2.37. The number of alkyl carbamates (subject to hydrolysis) is 1. The minimum absolute atomic E-state index is 0.0493. The molecule has 4 aromatic rings. The van der Waals surface area contributed by atoms with Crippen LogP contribution < -0.4 is 10.6 Å². The minimum Gasteiger partial charge on any atom is -0.447 e. The predicted molar refractivity (Wildman–Crippen MR) is 180 cm³/mol. The van der Waals surface area contributed by atoms with Gasteiger partial charge in [-0.3, -0.25) is 19.7 Å². The van der Waals surface area contributed by atoms with E-state index in [0.29, 0.717) is 9.47 Å². The quantitative estimate of drug-likeness (QED) is 0.116. The fourth-order valence-corrected chi connectivity index (χ4v) is 6.57. The van der Waals surface area contributed by atoms with Gasteiger partial charge in [0.15, 0.2) is 11.8 Å². The number of hydrogen-bond donors (Lipinski definition) is 3. The summed E-state index contributed by atoms with van der Waals surface area (Å²) in [7, 11) is 0. The van der Waals surface area contributed by atoms with E-state index in [2.05, 4.69) is 25.7 Å². The van der Waals surface area contributed by atoms with Crippen molar-refractivity contribution in [1.29, 1.82) is 5.41 Å². The molecule has 2 amide bonds. The Balaban J connectivity index is 1.43. The van der Waals surface area contributed by atoms with Crippen LogP contribution in [0.25, 0.3) is 22.6 Å². The van der Waals surface area contributed by atoms with E-state index in [4.69, 9.17) is 21.7 Å². The Bertz CT molecular complexity index is 2120. The summed E-state index contributed by atoms with van der Waals surface area (Å²) in [6.07, 6.45) is -7.56. The van der Waals surface area contributed by atoms with Crippen molar-refractivity contribution in [2.24, 2.45) is 5.41 Å². The van der Waals surface area contributed by atoms with Crippen LogP contribution in [-0.4, -0.2) is 71.9 Å². The van der Waals surface area contributed by atoms with Gasteiger partial charge in [0, 0.05) is 17.3 Å². The zero-order valence-corrected chi connectivity index (χ0v) is 29.9. The zero-order chi connectivity index (χ0) is 41.0. The minimum atomic E-state index is -4.89. The SMILES string of the molecule is CC(C)(C[C@]1(c2ccc(-c3cn(C(F)F)cn3)cc2)NC(=N)N([C@H](COC(=O)NC2(C(F)F)CC2)c2ccc(Cl)c(-c3ncnn3C(F)F)c2)C1=O)C(F)(F)F. The van der Waals surface area contributed by atoms with Crippen LogP contribution in [0.4, 0.5) is 44.3 Å². The number of benzene rings is 2. The average molecular weight is 820 g/mol. The molecule has 22 heteroatoms. The molecule has 6 rings (SSSR count). The second-order valence-electron chi connectivity index (χ2n) is 13.9. The van der Waals surface area contributed by atoms with Crippen molar-refractivity contribution in [2.75, 3.05) is 6.61 Å². The number of carbonyl (C=O) groups is 2. The second-order valence-corrected chi connectivity index (χ2v) is 14.3. The standard InChI is InChI=1S/C34H31ClF9N9O3/c1-31(2,34(42,43)44)14-33(19-6-3-17(4-7-19)22-12-51(16-47-22)27(38)39)26(54)52(29(45)49-33)23(13-56-30(55)50-32(9-10-32)25(36)37)18-5-8-21(35)20(11-18)24-46-15-48-53(24)28(40)41/h3-8,11-12,15-16,23,25,27-28H,9-10,13-14H2,1-2H3,(H2,45,49)(H,50,55)/t23-,33-/m1/s1. The molecule has 300 valence electrons. The number of aromatic nitrogens is 5. The van der Waals surface area contributed by atoms with Gasteiger partial charge in [-0.25, -0.2) is 23.5 Å². The third-order valence-electron chi connectivity index (χ3n) is 9.75. The molecule has 0 bridgehead atoms. The molecule has 1 saturated carbocycles. The fourth-order valence-electron chi connectivity index (χ4n) is 6.37. The molecule has 2 aromatic heterocycles. The number of rotatable bonds is 13. The van der Waals surface area contributed by atoms with Crippen LogP contribution >= 0.6 is 11.6 Å². The third kappa shape index (κ3) is 7.47. The predicted octanol–water partition coefficient (Wildman–Crippen LogP) is 8.06. The number of carbonyl (C=O) groups excluding carboxylic acids is 2. The molecule has 3 heterocycles. The normalized spacial score (nSPS) is 18.9. The van der Waals surface area contributed by atoms with E-state index in [1.165, 1.54) is 42.5 Å². The van der Waals surface area contributed by atoms with Crippen molar-refractivity contribution < 1.29 is 53.8 Å². The van der Waals surface area contributed by atoms with E-state index in [-0.39, 0.29) is 50.5 Å². The molecule has 1 saturated heterocycles. The maximum absolute atomic E-state index is 14.8. The molecular formula is C34H31ClF9N9O3. The molecule has 2 atom stereocenters. The highest BCUT2D eigenvalue weighted by Gasteiger charge is 2.60. The maximum Gasteiger partial charge on any atom is 0.407 e. The van der Waals surface area contributed by atoms with Crippen LogP contribution in [0, 0.1) is 10.8 Å². The molecule has 2 aliphatic rings. The molecule has 1 aliphatic carbocycles. The van der Waals surface area contributed by atoms with Gasteiger partial charge in [0.2, 0.25) is 0 Å². The molecule has 12 nitrogen and oxygen atoms in total. The van der Waals surface area contributed by atoms with Crippen molar-refractivity contribution in [3.8, 4) is 22.6 Å². The Hall–Kier alpha value is -5.34. The first-order valence-electron chi connectivity index (χ1n) is 16.6. The summed E-state index contributed by atoms with van der Waals surface area (Å²) in [6.45, 7) is -5.28. The first-order valence-corrected chi connectivity index (χ1v) is 17.0. The number of nitrogens with one attached hydrogen (secondary N) is 3. The Labute approximate surface area is 316 Å². The number of guanidine groups is 1. The molecule has 1 aliphatic heterocycles. The van der Waals surface area contributed by atoms with Crippen molar-refractivity contribution in [2.45, 2.75) is 75.9 Å². The zero-order valence-electron chi connectivity index (χ0n) is 29.1. The summed E-state index contributed by atoms with van der Waals surface area (Å²) in [6, 6.07) is 7.25. The van der Waals surface area contributed by atoms with Gasteiger partial charge in [-0.2, -0.15) is 40.5 Å². The highest BCUT2D eigenvalue weighted by atomic mass is 35.5. The topological polar surface area (TPSA) is 143 Å². The summed E-state index contributed by atoms with van der Waals surface area (Å²) >= 11 is 6.36. The van der Waals surface area contributed by atoms with Gasteiger partial charge in [0.25, 0.3) is 12.3 Å². The van der Waals surface area contributed by atoms with E-state index in [1.807, 2.05) is 0 Å². The van der Waals surface area contributed by atoms with Crippen molar-refractivity contribution >= 4 is 29.6 Å². The lowest BCUT2D eigenvalue weighted by atomic mass is 9.74. The third-order valence-corrected chi connectivity index (χ3v) is 10.1. The van der Waals surface area contributed by atoms with Crippen molar-refractivity contribution in [3.63, 3.8) is 0 Å². The van der Waals surface area contributed by atoms with Gasteiger partial charge >= 0.3 is 25.4 Å². The lowest BCUT2D eigenvalue weighted by molar-refractivity contribution is -0.218. The van der Waals surface area contributed by atoms with Gasteiger partial charge in [0.05, 0.1) is 28.5 Å². The van der Waals surface area contributed by atoms with Gasteiger partial charge in [-0.1, -0.05) is 55.8 Å². The van der Waals surface area contributed by atoms with Gasteiger partial charge in [0.1, 0.15) is 24.0 Å². The molecule has 0 radical (unpaired) electrons. The Morgan fingerprint density at radius 1 is 1.04 bits per heavy atom. The Kier molecular flexibility index (Phi) is 10.5. The number of imidazole rings is 1. The first kappa shape index (κ1) is 40.3. The molecule has 2 fully saturated rings. The second kappa shape index (κ2) is 14.6. The van der Waals surface area contributed by atoms with Crippen LogP contribution in [0.5, 0.6) is 0 Å². The number of amides is 2. The van der Waals surface area contributed by atoms with E-state index in [9.17, 15) is 49.1 Å². The lowest BCUT2D eigenvalue weighted by Crippen LogP contribution is -2.50. The summed E-state index contributed by atoms with van der Waals surface area (Å²) in [5, 5.41) is 17.0. The first-order chi connectivity index (χ1) is 26.2.